The van der Waals surface area contributed by atoms with Crippen molar-refractivity contribution in [1.29, 1.82) is 0 Å². The second-order valence-corrected chi connectivity index (χ2v) is 4.50. The summed E-state index contributed by atoms with van der Waals surface area (Å²) in [6.07, 6.45) is -8.53. The Morgan fingerprint density at radius 2 is 1.39 bits per heavy atom. The number of H-pyrrole nitrogens is 1. The van der Waals surface area contributed by atoms with Crippen LogP contribution in [-0.4, -0.2) is 9.97 Å². The van der Waals surface area contributed by atoms with E-state index in [-0.39, 0.29) is 16.4 Å². The minimum absolute atomic E-state index is 0.00549. The molecule has 2 heterocycles. The fourth-order valence-corrected chi connectivity index (χ4v) is 2.10. The molecule has 1 N–H and O–H groups in total. The second-order valence-electron chi connectivity index (χ2n) is 4.50. The van der Waals surface area contributed by atoms with Gasteiger partial charge in [-0.05, 0) is 24.3 Å². The van der Waals surface area contributed by atoms with Gasteiger partial charge in [0.15, 0.2) is 0 Å². The van der Waals surface area contributed by atoms with E-state index in [2.05, 4.69) is 9.97 Å². The smallest absolute Gasteiger partial charge is 0.339 e. The average molecular weight is 334 g/mol. The molecule has 0 aliphatic heterocycles. The summed E-state index contributed by atoms with van der Waals surface area (Å²) in [6, 6.07) is 3.65. The van der Waals surface area contributed by atoms with Crippen LogP contribution in [0.2, 0.25) is 0 Å². The van der Waals surface area contributed by atoms with Gasteiger partial charge in [-0.15, -0.1) is 0 Å². The van der Waals surface area contributed by atoms with Gasteiger partial charge >= 0.3 is 12.4 Å². The van der Waals surface area contributed by atoms with Crippen molar-refractivity contribution in [3.63, 3.8) is 0 Å². The number of aromatic nitrogens is 2. The second kappa shape index (κ2) is 5.75. The first kappa shape index (κ1) is 17.1. The molecule has 0 atom stereocenters. The largest absolute Gasteiger partial charge is 0.417 e. The van der Waals surface area contributed by atoms with E-state index < -0.39 is 23.5 Å². The molecule has 0 fully saturated rings. The quantitative estimate of drug-likeness (QED) is 0.519. The zero-order valence-corrected chi connectivity index (χ0v) is 12.1. The van der Waals surface area contributed by atoms with Gasteiger partial charge in [-0.2, -0.15) is 26.3 Å². The van der Waals surface area contributed by atoms with E-state index in [0.29, 0.717) is 11.7 Å². The fraction of sp³-hybridized carbons (Fsp3) is 0.267. The molecule has 2 nitrogen and oxygen atoms in total. The van der Waals surface area contributed by atoms with Crippen LogP contribution in [0.15, 0.2) is 30.5 Å². The van der Waals surface area contributed by atoms with Crippen molar-refractivity contribution in [3.8, 4) is 0 Å². The van der Waals surface area contributed by atoms with Crippen molar-refractivity contribution in [1.82, 2.24) is 9.97 Å². The molecule has 0 bridgehead atoms. The maximum absolute atomic E-state index is 12.7. The van der Waals surface area contributed by atoms with Crippen LogP contribution in [0.1, 0.15) is 25.0 Å². The van der Waals surface area contributed by atoms with Crippen LogP contribution in [0.3, 0.4) is 0 Å². The number of benzene rings is 1. The van der Waals surface area contributed by atoms with Gasteiger partial charge in [-0.25, -0.2) is 4.98 Å². The Kier molecular flexibility index (Phi) is 4.28. The molecule has 8 heteroatoms. The van der Waals surface area contributed by atoms with Crippen molar-refractivity contribution in [2.45, 2.75) is 26.2 Å². The van der Waals surface area contributed by atoms with Gasteiger partial charge in [-0.1, -0.05) is 13.8 Å². The molecule has 0 spiro atoms. The lowest BCUT2D eigenvalue weighted by molar-refractivity contribution is -0.138. The molecule has 3 rings (SSSR count). The molecule has 0 saturated carbocycles. The molecule has 0 amide bonds. The normalized spacial score (nSPS) is 12.3. The molecule has 124 valence electrons. The lowest BCUT2D eigenvalue weighted by Crippen LogP contribution is -2.05. The number of halogens is 6. The van der Waals surface area contributed by atoms with Crippen molar-refractivity contribution in [3.05, 3.63) is 41.6 Å². The number of nitrogens with zero attached hydrogens (tertiary/aromatic N) is 1. The molecular weight excluding hydrogens is 322 g/mol. The molecule has 23 heavy (non-hydrogen) atoms. The van der Waals surface area contributed by atoms with Gasteiger partial charge in [-0.3, -0.25) is 0 Å². The highest BCUT2D eigenvalue weighted by Crippen LogP contribution is 2.36. The topological polar surface area (TPSA) is 28.7 Å². The van der Waals surface area contributed by atoms with Crippen molar-refractivity contribution < 1.29 is 26.3 Å². The molecule has 0 unspecified atom stereocenters. The predicted octanol–water partition coefficient (Wildman–Crippen LogP) is 5.78. The van der Waals surface area contributed by atoms with E-state index in [4.69, 9.17) is 0 Å². The summed E-state index contributed by atoms with van der Waals surface area (Å²) in [4.78, 5) is 6.31. The minimum atomic E-state index is -4.60. The number of nitrogens with one attached hydrogen (secondary N) is 1. The maximum Gasteiger partial charge on any atom is 0.417 e. The van der Waals surface area contributed by atoms with Crippen LogP contribution in [0, 0.1) is 0 Å². The third kappa shape index (κ3) is 3.25. The summed E-state index contributed by atoms with van der Waals surface area (Å²) in [6.45, 7) is 4.00. The number of aromatic amines is 1. The molecule has 0 radical (unpaired) electrons. The first-order chi connectivity index (χ1) is 10.7. The highest BCUT2D eigenvalue weighted by Gasteiger charge is 2.33. The summed E-state index contributed by atoms with van der Waals surface area (Å²) in [5, 5.41) is 0.0596. The van der Waals surface area contributed by atoms with Crippen LogP contribution in [-0.2, 0) is 12.4 Å². The highest BCUT2D eigenvalue weighted by molar-refractivity contribution is 6.06. The molecule has 1 aromatic carbocycles. The summed E-state index contributed by atoms with van der Waals surface area (Å²) in [7, 11) is 0. The fourth-order valence-electron chi connectivity index (χ4n) is 2.10. The van der Waals surface area contributed by atoms with Gasteiger partial charge in [0, 0.05) is 22.5 Å². The highest BCUT2D eigenvalue weighted by atomic mass is 19.4. The third-order valence-corrected chi connectivity index (χ3v) is 3.11. The minimum Gasteiger partial charge on any atom is -0.339 e. The zero-order chi connectivity index (χ0) is 17.4. The first-order valence-corrected chi connectivity index (χ1v) is 6.72. The number of rotatable bonds is 0. The van der Waals surface area contributed by atoms with E-state index >= 15 is 0 Å². The van der Waals surface area contributed by atoms with Gasteiger partial charge in [0.25, 0.3) is 0 Å². The third-order valence-electron chi connectivity index (χ3n) is 3.11. The van der Waals surface area contributed by atoms with Crippen LogP contribution < -0.4 is 0 Å². The summed E-state index contributed by atoms with van der Waals surface area (Å²) < 4.78 is 76.0. The Morgan fingerprint density at radius 3 is 1.96 bits per heavy atom. The van der Waals surface area contributed by atoms with Crippen LogP contribution >= 0.6 is 0 Å². The number of alkyl halides is 6. The van der Waals surface area contributed by atoms with Crippen molar-refractivity contribution in [2.75, 3.05) is 0 Å². The first-order valence-electron chi connectivity index (χ1n) is 6.72. The molecular formula is C15H12F6N2. The summed E-state index contributed by atoms with van der Waals surface area (Å²) in [5.74, 6) is 0. The van der Waals surface area contributed by atoms with Crippen LogP contribution in [0.5, 0.6) is 0 Å². The number of hydrogen-bond acceptors (Lipinski definition) is 1. The molecule has 2 aromatic heterocycles. The van der Waals surface area contributed by atoms with Crippen molar-refractivity contribution >= 4 is 21.9 Å². The van der Waals surface area contributed by atoms with E-state index in [1.54, 1.807) is 0 Å². The Balaban J connectivity index is 0.000000924. The monoisotopic (exact) mass is 334 g/mol. The number of hydrogen-bond donors (Lipinski definition) is 1. The van der Waals surface area contributed by atoms with E-state index in [0.717, 1.165) is 18.2 Å². The maximum atomic E-state index is 12.7. The summed E-state index contributed by atoms with van der Waals surface area (Å²) in [5.41, 5.74) is -1.52. The Hall–Kier alpha value is -2.25. The molecule has 0 aliphatic rings. The molecule has 0 aliphatic carbocycles. The number of fused-ring (bicyclic) bond motifs is 3. The van der Waals surface area contributed by atoms with Crippen LogP contribution in [0.4, 0.5) is 26.3 Å². The molecule has 3 aromatic rings. The predicted molar refractivity (Wildman–Crippen MR) is 75.0 cm³/mol. The zero-order valence-electron chi connectivity index (χ0n) is 12.1. The van der Waals surface area contributed by atoms with Crippen molar-refractivity contribution in [2.24, 2.45) is 0 Å². The van der Waals surface area contributed by atoms with E-state index in [9.17, 15) is 26.3 Å². The van der Waals surface area contributed by atoms with E-state index in [1.807, 2.05) is 13.8 Å². The van der Waals surface area contributed by atoms with Crippen LogP contribution in [0.25, 0.3) is 21.9 Å². The summed E-state index contributed by atoms with van der Waals surface area (Å²) >= 11 is 0. The van der Waals surface area contributed by atoms with Gasteiger partial charge < -0.3 is 4.98 Å². The standard InChI is InChI=1S/C13H6F6N2.C2H6/c14-12(15,16)6-1-2-10-8(3-6)9-4-7(13(17,18)19)5-20-11(9)21-10;1-2/h1-5H,(H,20,21);1-2H3. The Bertz CT molecular complexity index is 761. The lowest BCUT2D eigenvalue weighted by Gasteiger charge is -2.07. The Morgan fingerprint density at radius 1 is 0.826 bits per heavy atom. The molecule has 0 saturated heterocycles. The number of pyridine rings is 1. The van der Waals surface area contributed by atoms with E-state index in [1.165, 1.54) is 6.07 Å². The average Bonchev–Trinajstić information content (AvgIpc) is 2.84. The van der Waals surface area contributed by atoms with Gasteiger partial charge in [0.05, 0.1) is 11.1 Å². The Labute approximate surface area is 127 Å². The van der Waals surface area contributed by atoms with Gasteiger partial charge in [0.1, 0.15) is 5.65 Å². The SMILES string of the molecule is CC.FC(F)(F)c1ccc2[nH]c3ncc(C(F)(F)F)cc3c2c1. The lowest BCUT2D eigenvalue weighted by atomic mass is 10.1. The van der Waals surface area contributed by atoms with Gasteiger partial charge in [0.2, 0.25) is 0 Å².